The lowest BCUT2D eigenvalue weighted by Crippen LogP contribution is -2.23. The monoisotopic (exact) mass is 448 g/mol. The van der Waals surface area contributed by atoms with Crippen molar-refractivity contribution in [2.75, 3.05) is 10.6 Å². The Balaban J connectivity index is 1.38. The predicted molar refractivity (Wildman–Crippen MR) is 129 cm³/mol. The Morgan fingerprint density at radius 3 is 2.03 bits per heavy atom. The van der Waals surface area contributed by atoms with Crippen molar-refractivity contribution in [3.05, 3.63) is 112 Å². The molecule has 0 fully saturated rings. The van der Waals surface area contributed by atoms with Crippen LogP contribution in [0.25, 0.3) is 0 Å². The quantitative estimate of drug-likeness (QED) is 0.407. The SMILES string of the molecule is Cc1cc(C)nc(Nc2ccc(C(=O)Nc3cccc4c3C(=O)c3ccccc3C4=O)cc2)n1. The Morgan fingerprint density at radius 1 is 0.735 bits per heavy atom. The van der Waals surface area contributed by atoms with Crippen molar-refractivity contribution in [2.24, 2.45) is 0 Å². The lowest BCUT2D eigenvalue weighted by atomic mass is 9.83. The average Bonchev–Trinajstić information content (AvgIpc) is 2.82. The van der Waals surface area contributed by atoms with Gasteiger partial charge in [0.15, 0.2) is 11.6 Å². The highest BCUT2D eigenvalue weighted by Crippen LogP contribution is 2.32. The molecule has 0 unspecified atom stereocenters. The Labute approximate surface area is 195 Å². The van der Waals surface area contributed by atoms with Crippen LogP contribution in [-0.2, 0) is 0 Å². The van der Waals surface area contributed by atoms with Gasteiger partial charge in [-0.3, -0.25) is 14.4 Å². The number of aromatic nitrogens is 2. The third-order valence-electron chi connectivity index (χ3n) is 5.59. The highest BCUT2D eigenvalue weighted by atomic mass is 16.2. The van der Waals surface area contributed by atoms with E-state index in [1.807, 2.05) is 19.9 Å². The Bertz CT molecular complexity index is 1460. The molecule has 1 aromatic heterocycles. The highest BCUT2D eigenvalue weighted by Gasteiger charge is 2.31. The van der Waals surface area contributed by atoms with Crippen LogP contribution in [0.1, 0.15) is 53.6 Å². The number of hydrogen-bond donors (Lipinski definition) is 2. The number of rotatable bonds is 4. The van der Waals surface area contributed by atoms with Gasteiger partial charge >= 0.3 is 0 Å². The maximum atomic E-state index is 13.1. The smallest absolute Gasteiger partial charge is 0.255 e. The number of ketones is 2. The van der Waals surface area contributed by atoms with E-state index in [-0.39, 0.29) is 28.6 Å². The van der Waals surface area contributed by atoms with Crippen LogP contribution in [0.5, 0.6) is 0 Å². The topological polar surface area (TPSA) is 101 Å². The van der Waals surface area contributed by atoms with Gasteiger partial charge in [-0.05, 0) is 50.2 Å². The standard InChI is InChI=1S/C27H20N4O3/c1-15-14-16(2)29-27(28-15)30-18-12-10-17(11-13-18)26(34)31-22-9-5-8-21-23(22)25(33)20-7-4-3-6-19(20)24(21)32/h3-14H,1-2H3,(H,31,34)(H,28,29,30). The molecule has 0 saturated heterocycles. The largest absolute Gasteiger partial charge is 0.324 e. The molecule has 0 atom stereocenters. The van der Waals surface area contributed by atoms with Gasteiger partial charge in [-0.15, -0.1) is 0 Å². The first-order valence-electron chi connectivity index (χ1n) is 10.7. The van der Waals surface area contributed by atoms with Crippen molar-refractivity contribution in [2.45, 2.75) is 13.8 Å². The van der Waals surface area contributed by atoms with Crippen LogP contribution in [0.4, 0.5) is 17.3 Å². The van der Waals surface area contributed by atoms with E-state index in [9.17, 15) is 14.4 Å². The maximum Gasteiger partial charge on any atom is 0.255 e. The molecular formula is C27H20N4O3. The molecule has 0 radical (unpaired) electrons. The minimum absolute atomic E-state index is 0.213. The summed E-state index contributed by atoms with van der Waals surface area (Å²) >= 11 is 0. The molecule has 0 aliphatic heterocycles. The molecule has 7 heteroatoms. The normalized spacial score (nSPS) is 12.1. The molecule has 2 N–H and O–H groups in total. The molecule has 34 heavy (non-hydrogen) atoms. The number of carbonyl (C=O) groups excluding carboxylic acids is 3. The van der Waals surface area contributed by atoms with Crippen LogP contribution in [0.3, 0.4) is 0 Å². The molecule has 0 bridgehead atoms. The summed E-state index contributed by atoms with van der Waals surface area (Å²) < 4.78 is 0. The van der Waals surface area contributed by atoms with Crippen LogP contribution >= 0.6 is 0 Å². The van der Waals surface area contributed by atoms with Gasteiger partial charge in [-0.2, -0.15) is 0 Å². The van der Waals surface area contributed by atoms with Crippen molar-refractivity contribution in [3.8, 4) is 0 Å². The number of anilines is 3. The second kappa shape index (κ2) is 8.37. The predicted octanol–water partition coefficient (Wildman–Crippen LogP) is 4.86. The Morgan fingerprint density at radius 2 is 1.35 bits per heavy atom. The Hall–Kier alpha value is -4.65. The number of benzene rings is 3. The van der Waals surface area contributed by atoms with Gasteiger partial charge in [0.25, 0.3) is 5.91 Å². The van der Waals surface area contributed by atoms with E-state index in [1.54, 1.807) is 66.7 Å². The first-order valence-corrected chi connectivity index (χ1v) is 10.7. The van der Waals surface area contributed by atoms with Crippen LogP contribution in [0, 0.1) is 13.8 Å². The zero-order chi connectivity index (χ0) is 23.8. The van der Waals surface area contributed by atoms with E-state index in [0.717, 1.165) is 17.1 Å². The fourth-order valence-electron chi connectivity index (χ4n) is 4.06. The maximum absolute atomic E-state index is 13.1. The lowest BCUT2D eigenvalue weighted by Gasteiger charge is -2.20. The molecule has 3 aromatic carbocycles. The van der Waals surface area contributed by atoms with Gasteiger partial charge in [0.1, 0.15) is 0 Å². The van der Waals surface area contributed by atoms with Gasteiger partial charge in [-0.25, -0.2) is 9.97 Å². The number of hydrogen-bond acceptors (Lipinski definition) is 6. The molecule has 0 spiro atoms. The highest BCUT2D eigenvalue weighted by molar-refractivity contribution is 6.30. The van der Waals surface area contributed by atoms with Crippen molar-refractivity contribution < 1.29 is 14.4 Å². The van der Waals surface area contributed by atoms with Crippen molar-refractivity contribution in [1.29, 1.82) is 0 Å². The first kappa shape index (κ1) is 21.2. The van der Waals surface area contributed by atoms with Gasteiger partial charge in [-0.1, -0.05) is 36.4 Å². The molecule has 4 aromatic rings. The summed E-state index contributed by atoms with van der Waals surface area (Å²) in [6.07, 6.45) is 0. The number of nitrogens with one attached hydrogen (secondary N) is 2. The summed E-state index contributed by atoms with van der Waals surface area (Å²) in [6, 6.07) is 20.3. The molecular weight excluding hydrogens is 428 g/mol. The zero-order valence-electron chi connectivity index (χ0n) is 18.5. The third-order valence-corrected chi connectivity index (χ3v) is 5.59. The van der Waals surface area contributed by atoms with Crippen LogP contribution in [0.2, 0.25) is 0 Å². The number of aryl methyl sites for hydroxylation is 2. The second-order valence-electron chi connectivity index (χ2n) is 8.06. The summed E-state index contributed by atoms with van der Waals surface area (Å²) in [6.45, 7) is 3.79. The molecule has 1 heterocycles. The summed E-state index contributed by atoms with van der Waals surface area (Å²) in [5.74, 6) is -0.421. The second-order valence-corrected chi connectivity index (χ2v) is 8.06. The van der Waals surface area contributed by atoms with Gasteiger partial charge in [0.05, 0.1) is 11.3 Å². The molecule has 7 nitrogen and oxygen atoms in total. The lowest BCUT2D eigenvalue weighted by molar-refractivity contribution is 0.0978. The zero-order valence-corrected chi connectivity index (χ0v) is 18.5. The van der Waals surface area contributed by atoms with Crippen molar-refractivity contribution in [1.82, 2.24) is 9.97 Å². The van der Waals surface area contributed by atoms with Crippen LogP contribution < -0.4 is 10.6 Å². The van der Waals surface area contributed by atoms with E-state index in [0.29, 0.717) is 28.3 Å². The van der Waals surface area contributed by atoms with E-state index >= 15 is 0 Å². The van der Waals surface area contributed by atoms with Crippen LogP contribution in [0.15, 0.2) is 72.8 Å². The number of nitrogens with zero attached hydrogens (tertiary/aromatic N) is 2. The Kier molecular flexibility index (Phi) is 5.22. The summed E-state index contributed by atoms with van der Waals surface area (Å²) in [5.41, 5.74) is 4.36. The van der Waals surface area contributed by atoms with Crippen molar-refractivity contribution >= 4 is 34.8 Å². The van der Waals surface area contributed by atoms with Gasteiger partial charge < -0.3 is 10.6 Å². The molecule has 166 valence electrons. The fraction of sp³-hybridized carbons (Fsp3) is 0.0741. The van der Waals surface area contributed by atoms with Gasteiger partial charge in [0, 0.05) is 39.3 Å². The van der Waals surface area contributed by atoms with Gasteiger partial charge in [0.2, 0.25) is 5.95 Å². The minimum Gasteiger partial charge on any atom is -0.324 e. The minimum atomic E-state index is -0.387. The summed E-state index contributed by atoms with van der Waals surface area (Å²) in [7, 11) is 0. The molecule has 1 amide bonds. The van der Waals surface area contributed by atoms with Crippen LogP contribution in [-0.4, -0.2) is 27.4 Å². The molecule has 0 saturated carbocycles. The first-order chi connectivity index (χ1) is 16.4. The molecule has 1 aliphatic carbocycles. The van der Waals surface area contributed by atoms with E-state index in [2.05, 4.69) is 20.6 Å². The summed E-state index contributed by atoms with van der Waals surface area (Å²) in [5, 5.41) is 5.92. The third kappa shape index (κ3) is 3.84. The van der Waals surface area contributed by atoms with E-state index in [4.69, 9.17) is 0 Å². The van der Waals surface area contributed by atoms with E-state index in [1.165, 1.54) is 0 Å². The van der Waals surface area contributed by atoms with Crippen molar-refractivity contribution in [3.63, 3.8) is 0 Å². The fourth-order valence-corrected chi connectivity index (χ4v) is 4.06. The summed E-state index contributed by atoms with van der Waals surface area (Å²) in [4.78, 5) is 47.7. The number of carbonyl (C=O) groups is 3. The molecule has 1 aliphatic rings. The number of amides is 1. The number of fused-ring (bicyclic) bond motifs is 2. The van der Waals surface area contributed by atoms with E-state index < -0.39 is 0 Å². The average molecular weight is 448 g/mol. The molecule has 5 rings (SSSR count).